The smallest absolute Gasteiger partial charge is 0.322 e. The first-order valence-corrected chi connectivity index (χ1v) is 9.96. The minimum absolute atomic E-state index is 0.0118. The van der Waals surface area contributed by atoms with E-state index in [-0.39, 0.29) is 32.7 Å². The van der Waals surface area contributed by atoms with Gasteiger partial charge in [0.1, 0.15) is 21.1 Å². The fourth-order valence-corrected chi connectivity index (χ4v) is 4.58. The van der Waals surface area contributed by atoms with Gasteiger partial charge in [-0.25, -0.2) is 13.8 Å². The van der Waals surface area contributed by atoms with Gasteiger partial charge in [-0.15, -0.1) is 11.3 Å². The van der Waals surface area contributed by atoms with Gasteiger partial charge in [-0.3, -0.25) is 24.4 Å². The molecule has 1 fully saturated rings. The van der Waals surface area contributed by atoms with Crippen LogP contribution < -0.4 is 11.1 Å². The second-order valence-corrected chi connectivity index (χ2v) is 8.18. The number of anilines is 1. The maximum absolute atomic E-state index is 13.3. The lowest BCUT2D eigenvalue weighted by atomic mass is 10.0. The summed E-state index contributed by atoms with van der Waals surface area (Å²) >= 11 is 0.790. The maximum atomic E-state index is 13.3. The van der Waals surface area contributed by atoms with Crippen LogP contribution in [0.25, 0.3) is 10.2 Å². The number of hydrogen-bond acceptors (Lipinski definition) is 7. The van der Waals surface area contributed by atoms with E-state index in [1.165, 1.54) is 20.0 Å². The van der Waals surface area contributed by atoms with Gasteiger partial charge >= 0.3 is 5.69 Å². The number of nitrogens with one attached hydrogen (secondary N) is 1. The summed E-state index contributed by atoms with van der Waals surface area (Å²) in [7, 11) is 1.38. The van der Waals surface area contributed by atoms with Crippen LogP contribution in [0.15, 0.2) is 6.07 Å². The van der Waals surface area contributed by atoms with Crippen LogP contribution in [0.1, 0.15) is 62.3 Å². The Bertz CT molecular complexity index is 1260. The summed E-state index contributed by atoms with van der Waals surface area (Å²) in [6.45, 7) is 1.39. The predicted molar refractivity (Wildman–Crippen MR) is 108 cm³/mol. The highest BCUT2D eigenvalue weighted by molar-refractivity contribution is 7.21. The molecule has 0 saturated heterocycles. The number of nitrogens with two attached hydrogens (primary N) is 1. The van der Waals surface area contributed by atoms with Gasteiger partial charge in [0.25, 0.3) is 18.2 Å². The Balaban J connectivity index is 1.90. The summed E-state index contributed by atoms with van der Waals surface area (Å²) in [6.07, 6.45) is -1.27. The first-order chi connectivity index (χ1) is 14.6. The van der Waals surface area contributed by atoms with Gasteiger partial charge < -0.3 is 11.1 Å². The molecule has 0 radical (unpaired) electrons. The van der Waals surface area contributed by atoms with Crippen LogP contribution in [-0.4, -0.2) is 31.5 Å². The van der Waals surface area contributed by atoms with Crippen LogP contribution in [0.2, 0.25) is 0 Å². The van der Waals surface area contributed by atoms with Gasteiger partial charge in [-0.1, -0.05) is 0 Å². The Morgan fingerprint density at radius 1 is 1.42 bits per heavy atom. The number of hydrogen-bond donors (Lipinski definition) is 2. The number of thiophene rings is 1. The van der Waals surface area contributed by atoms with E-state index in [4.69, 9.17) is 5.73 Å². The predicted octanol–water partition coefficient (Wildman–Crippen LogP) is 3.41. The van der Waals surface area contributed by atoms with Crippen molar-refractivity contribution in [2.24, 2.45) is 12.8 Å². The van der Waals surface area contributed by atoms with Crippen molar-refractivity contribution in [1.82, 2.24) is 14.8 Å². The number of aryl methyl sites for hydroxylation is 2. The second kappa shape index (κ2) is 7.34. The van der Waals surface area contributed by atoms with Gasteiger partial charge in [0.15, 0.2) is 0 Å². The number of aromatic nitrogens is 3. The van der Waals surface area contributed by atoms with E-state index in [9.17, 15) is 28.5 Å². The fourth-order valence-electron chi connectivity index (χ4n) is 3.56. The molecule has 0 aliphatic heterocycles. The SMILES string of the molecule is Cc1nn(C)c(C(=O)Nc2c(C(N)=O)sc3nc(C(F)F)cc(C4CC4)c23)c1[N+](=O)[O-]. The minimum Gasteiger partial charge on any atom is -0.365 e. The Kier molecular flexibility index (Phi) is 4.92. The third-order valence-corrected chi connectivity index (χ3v) is 6.10. The summed E-state index contributed by atoms with van der Waals surface area (Å²) < 4.78 is 27.7. The summed E-state index contributed by atoms with van der Waals surface area (Å²) in [4.78, 5) is 39.8. The van der Waals surface area contributed by atoms with Crippen LogP contribution in [0, 0.1) is 17.0 Å². The van der Waals surface area contributed by atoms with Crippen molar-refractivity contribution in [2.75, 3.05) is 5.32 Å². The van der Waals surface area contributed by atoms with E-state index >= 15 is 0 Å². The molecule has 0 atom stereocenters. The molecule has 13 heteroatoms. The van der Waals surface area contributed by atoms with E-state index in [0.29, 0.717) is 10.9 Å². The number of rotatable bonds is 6. The molecular formula is C18H16F2N6O4S. The standard InChI is InChI=1S/C18H16F2N6O4S/c1-6-12(26(29)30)13(25(2)24-6)17(28)23-11-10-8(7-3-4-7)5-9(15(19)20)22-18(10)31-14(11)16(21)27/h5,7,15H,3-4H2,1-2H3,(H2,21,27)(H,23,28). The minimum atomic E-state index is -2.81. The summed E-state index contributed by atoms with van der Waals surface area (Å²) in [5, 5.41) is 18.2. The largest absolute Gasteiger partial charge is 0.365 e. The molecular weight excluding hydrogens is 434 g/mol. The zero-order valence-electron chi connectivity index (χ0n) is 16.3. The zero-order chi connectivity index (χ0) is 22.6. The Morgan fingerprint density at radius 3 is 2.65 bits per heavy atom. The molecule has 31 heavy (non-hydrogen) atoms. The maximum Gasteiger partial charge on any atom is 0.322 e. The number of carbonyl (C=O) groups excluding carboxylic acids is 2. The molecule has 4 rings (SSSR count). The van der Waals surface area contributed by atoms with Gasteiger partial charge in [-0.2, -0.15) is 5.10 Å². The first kappa shape index (κ1) is 20.8. The fraction of sp³-hybridized carbons (Fsp3) is 0.333. The summed E-state index contributed by atoms with van der Waals surface area (Å²) in [5.74, 6) is -1.77. The van der Waals surface area contributed by atoms with E-state index in [1.807, 2.05) is 0 Å². The average molecular weight is 450 g/mol. The highest BCUT2D eigenvalue weighted by atomic mass is 32.1. The molecule has 3 heterocycles. The Labute approximate surface area is 177 Å². The van der Waals surface area contributed by atoms with E-state index in [1.54, 1.807) is 0 Å². The van der Waals surface area contributed by atoms with Crippen LogP contribution in [-0.2, 0) is 7.05 Å². The van der Waals surface area contributed by atoms with Crippen molar-refractivity contribution in [1.29, 1.82) is 0 Å². The lowest BCUT2D eigenvalue weighted by Gasteiger charge is -2.10. The molecule has 0 bridgehead atoms. The topological polar surface area (TPSA) is 146 Å². The molecule has 1 aliphatic rings. The van der Waals surface area contributed by atoms with Crippen molar-refractivity contribution in [3.05, 3.63) is 43.7 Å². The van der Waals surface area contributed by atoms with Crippen molar-refractivity contribution in [2.45, 2.75) is 32.1 Å². The van der Waals surface area contributed by atoms with Crippen LogP contribution in [0.4, 0.5) is 20.2 Å². The van der Waals surface area contributed by atoms with E-state index in [2.05, 4.69) is 15.4 Å². The molecule has 10 nitrogen and oxygen atoms in total. The van der Waals surface area contributed by atoms with Crippen LogP contribution in [0.3, 0.4) is 0 Å². The molecule has 2 amide bonds. The number of alkyl halides is 2. The summed E-state index contributed by atoms with van der Waals surface area (Å²) in [6, 6.07) is 1.27. The molecule has 3 aromatic heterocycles. The number of halogens is 2. The molecule has 3 N–H and O–H groups in total. The van der Waals surface area contributed by atoms with Crippen molar-refractivity contribution in [3.63, 3.8) is 0 Å². The molecule has 1 aliphatic carbocycles. The first-order valence-electron chi connectivity index (χ1n) is 9.14. The molecule has 3 aromatic rings. The van der Waals surface area contributed by atoms with Gasteiger partial charge in [0, 0.05) is 12.4 Å². The molecule has 162 valence electrons. The molecule has 1 saturated carbocycles. The number of carbonyl (C=O) groups is 2. The molecule has 0 aromatic carbocycles. The lowest BCUT2D eigenvalue weighted by molar-refractivity contribution is -0.385. The van der Waals surface area contributed by atoms with Gasteiger partial charge in [0.2, 0.25) is 5.69 Å². The number of nitrogens with zero attached hydrogens (tertiary/aromatic N) is 4. The van der Waals surface area contributed by atoms with E-state index in [0.717, 1.165) is 28.9 Å². The van der Waals surface area contributed by atoms with Gasteiger partial charge in [0.05, 0.1) is 10.6 Å². The number of nitro groups is 1. The normalized spacial score (nSPS) is 13.7. The number of amides is 2. The van der Waals surface area contributed by atoms with Crippen molar-refractivity contribution in [3.8, 4) is 0 Å². The quantitative estimate of drug-likeness (QED) is 0.435. The Morgan fingerprint density at radius 2 is 2.10 bits per heavy atom. The third-order valence-electron chi connectivity index (χ3n) is 5.00. The van der Waals surface area contributed by atoms with Crippen molar-refractivity contribution >= 4 is 44.7 Å². The highest BCUT2D eigenvalue weighted by Gasteiger charge is 2.34. The molecule has 0 spiro atoms. The number of fused-ring (bicyclic) bond motifs is 1. The highest BCUT2D eigenvalue weighted by Crippen LogP contribution is 2.48. The average Bonchev–Trinajstić information content (AvgIpc) is 3.39. The van der Waals surface area contributed by atoms with Crippen molar-refractivity contribution < 1.29 is 23.3 Å². The summed E-state index contributed by atoms with van der Waals surface area (Å²) in [5.41, 5.74) is 4.84. The van der Waals surface area contributed by atoms with Gasteiger partial charge in [-0.05, 0) is 37.3 Å². The van der Waals surface area contributed by atoms with E-state index < -0.39 is 34.5 Å². The lowest BCUT2D eigenvalue weighted by Crippen LogP contribution is -2.20. The van der Waals surface area contributed by atoms with Crippen LogP contribution in [0.5, 0.6) is 0 Å². The third kappa shape index (κ3) is 3.50. The van der Waals surface area contributed by atoms with Crippen LogP contribution >= 0.6 is 11.3 Å². The number of primary amides is 1. The zero-order valence-corrected chi connectivity index (χ0v) is 17.1. The second-order valence-electron chi connectivity index (χ2n) is 7.18. The monoisotopic (exact) mass is 450 g/mol. The molecule has 0 unspecified atom stereocenters. The number of pyridine rings is 1. The Hall–Kier alpha value is -3.48.